The number of nitrogens with zero attached hydrogens (tertiary/aromatic N) is 4. The molecule has 1 aromatic carbocycles. The molecule has 0 aliphatic carbocycles. The quantitative estimate of drug-likeness (QED) is 0.312. The smallest absolute Gasteiger partial charge is 0.247 e. The number of benzene rings is 1. The van der Waals surface area contributed by atoms with Crippen molar-refractivity contribution < 1.29 is 18.3 Å². The average molecular weight is 486 g/mol. The van der Waals surface area contributed by atoms with Crippen molar-refractivity contribution in [3.8, 4) is 0 Å². The molecule has 0 unspecified atom stereocenters. The van der Waals surface area contributed by atoms with Crippen LogP contribution < -0.4 is 20.9 Å². The first-order valence-electron chi connectivity index (χ1n) is 10.4. The largest absolute Gasteiger partial charge is 0.353 e. The Morgan fingerprint density at radius 1 is 1.06 bits per heavy atom. The highest BCUT2D eigenvalue weighted by Crippen LogP contribution is 2.41. The first kappa shape index (κ1) is 23.4. The van der Waals surface area contributed by atoms with Crippen LogP contribution in [0.5, 0.6) is 0 Å². The van der Waals surface area contributed by atoms with E-state index in [0.29, 0.717) is 41.7 Å². The molecule has 1 saturated heterocycles. The van der Waals surface area contributed by atoms with Gasteiger partial charge in [0.1, 0.15) is 5.82 Å². The van der Waals surface area contributed by atoms with Gasteiger partial charge in [0.05, 0.1) is 29.6 Å². The van der Waals surface area contributed by atoms with Crippen molar-refractivity contribution >= 4 is 51.1 Å². The van der Waals surface area contributed by atoms with Crippen molar-refractivity contribution in [1.82, 2.24) is 15.0 Å². The van der Waals surface area contributed by atoms with Gasteiger partial charge >= 0.3 is 0 Å². The predicted octanol–water partition coefficient (Wildman–Crippen LogP) is 4.19. The van der Waals surface area contributed by atoms with Crippen LogP contribution in [0.4, 0.5) is 39.0 Å². The lowest BCUT2D eigenvalue weighted by Gasteiger charge is -2.41. The van der Waals surface area contributed by atoms with Gasteiger partial charge in [-0.05, 0) is 36.4 Å². The Bertz CT molecular complexity index is 1180. The molecule has 34 heavy (non-hydrogen) atoms. The maximum absolute atomic E-state index is 14.3. The molecule has 0 spiro atoms. The van der Waals surface area contributed by atoms with E-state index in [1.165, 1.54) is 0 Å². The highest BCUT2D eigenvalue weighted by molar-refractivity contribution is 8.24. The summed E-state index contributed by atoms with van der Waals surface area (Å²) in [4.78, 5) is 26.1. The maximum Gasteiger partial charge on any atom is 0.247 e. The fraction of sp³-hybridized carbons (Fsp3) is 0.182. The van der Waals surface area contributed by atoms with Crippen LogP contribution in [0.1, 0.15) is 0 Å². The highest BCUT2D eigenvalue weighted by atomic mass is 32.3. The zero-order valence-corrected chi connectivity index (χ0v) is 18.9. The number of pyridine rings is 1. The van der Waals surface area contributed by atoms with E-state index < -0.39 is 16.4 Å². The normalized spacial score (nSPS) is 15.8. The Morgan fingerprint density at radius 2 is 1.82 bits per heavy atom. The van der Waals surface area contributed by atoms with E-state index in [-0.39, 0.29) is 17.7 Å². The number of nitrogens with one attached hydrogen (secondary N) is 3. The minimum atomic E-state index is -2.47. The van der Waals surface area contributed by atoms with Gasteiger partial charge in [-0.25, -0.2) is 14.4 Å². The summed E-state index contributed by atoms with van der Waals surface area (Å²) in [5, 5.41) is 8.51. The van der Waals surface area contributed by atoms with Crippen LogP contribution in [0.15, 0.2) is 61.4 Å². The molecule has 0 saturated carbocycles. The van der Waals surface area contributed by atoms with Gasteiger partial charge in [0.25, 0.3) is 0 Å². The third-order valence-electron chi connectivity index (χ3n) is 5.03. The summed E-state index contributed by atoms with van der Waals surface area (Å²) in [6.07, 6.45) is 3.81. The van der Waals surface area contributed by atoms with Crippen LogP contribution in [0.3, 0.4) is 0 Å². The lowest BCUT2D eigenvalue weighted by molar-refractivity contribution is -0.111. The first-order valence-corrected chi connectivity index (χ1v) is 12.2. The molecule has 1 amide bonds. The van der Waals surface area contributed by atoms with Crippen LogP contribution in [0, 0.1) is 5.82 Å². The number of hydrogen-bond acceptors (Lipinski definition) is 9. The molecule has 1 aliphatic heterocycles. The summed E-state index contributed by atoms with van der Waals surface area (Å²) in [7, 11) is -2.47. The fourth-order valence-corrected chi connectivity index (χ4v) is 4.48. The monoisotopic (exact) mass is 485 g/mol. The summed E-state index contributed by atoms with van der Waals surface area (Å²) in [5.74, 6) is 0.521. The number of carbonyl (C=O) groups excluding carboxylic acids is 1. The molecule has 12 heteroatoms. The fourth-order valence-electron chi connectivity index (χ4n) is 3.25. The minimum Gasteiger partial charge on any atom is -0.353 e. The molecule has 0 bridgehead atoms. The van der Waals surface area contributed by atoms with Gasteiger partial charge in [-0.2, -0.15) is 15.6 Å². The predicted molar refractivity (Wildman–Crippen MR) is 133 cm³/mol. The standard InChI is InChI=1S/C22H24FN7O3S/c1-2-20(31)26-15-4-3-5-16(12-15)27-21-18(23)14-25-22(29-21)28-17-6-7-19(24-13-17)30-8-10-34(32,33)11-9-30/h2-7,12-14,32-33H,1,8-11H2,(H,26,31)(H2,25,27,28,29). The van der Waals surface area contributed by atoms with E-state index in [2.05, 4.69) is 37.5 Å². The van der Waals surface area contributed by atoms with Crippen molar-refractivity contribution in [1.29, 1.82) is 0 Å². The minimum absolute atomic E-state index is 0.0402. The van der Waals surface area contributed by atoms with Crippen LogP contribution in [0.25, 0.3) is 0 Å². The van der Waals surface area contributed by atoms with Gasteiger partial charge in [0.2, 0.25) is 11.9 Å². The topological polar surface area (TPSA) is 136 Å². The van der Waals surface area contributed by atoms with E-state index in [9.17, 15) is 18.3 Å². The van der Waals surface area contributed by atoms with Crippen LogP contribution in [-0.4, -0.2) is 54.6 Å². The first-order chi connectivity index (χ1) is 16.3. The van der Waals surface area contributed by atoms with Gasteiger partial charge in [0, 0.05) is 24.5 Å². The number of halogens is 1. The number of rotatable bonds is 7. The Hall–Kier alpha value is -3.74. The van der Waals surface area contributed by atoms with Crippen molar-refractivity contribution in [2.24, 2.45) is 0 Å². The van der Waals surface area contributed by atoms with E-state index in [4.69, 9.17) is 0 Å². The number of amides is 1. The van der Waals surface area contributed by atoms with Crippen molar-refractivity contribution in [2.75, 3.05) is 45.4 Å². The van der Waals surface area contributed by atoms with Crippen molar-refractivity contribution in [3.63, 3.8) is 0 Å². The number of hydrogen-bond donors (Lipinski definition) is 5. The molecule has 0 atom stereocenters. The lowest BCUT2D eigenvalue weighted by atomic mass is 10.2. The molecule has 10 nitrogen and oxygen atoms in total. The summed E-state index contributed by atoms with van der Waals surface area (Å²) in [6.45, 7) is 4.46. The molecule has 4 rings (SSSR count). The summed E-state index contributed by atoms with van der Waals surface area (Å²) in [6, 6.07) is 10.4. The molecule has 0 radical (unpaired) electrons. The third-order valence-corrected chi connectivity index (χ3v) is 6.70. The molecular weight excluding hydrogens is 461 g/mol. The van der Waals surface area contributed by atoms with E-state index >= 15 is 0 Å². The van der Waals surface area contributed by atoms with Gasteiger partial charge < -0.3 is 20.9 Å². The van der Waals surface area contributed by atoms with E-state index in [1.807, 2.05) is 11.0 Å². The zero-order valence-electron chi connectivity index (χ0n) is 18.1. The maximum atomic E-state index is 14.3. The Morgan fingerprint density at radius 3 is 2.53 bits per heavy atom. The van der Waals surface area contributed by atoms with E-state index in [0.717, 1.165) is 18.1 Å². The van der Waals surface area contributed by atoms with Gasteiger partial charge in [-0.3, -0.25) is 13.9 Å². The molecule has 2 aromatic heterocycles. The highest BCUT2D eigenvalue weighted by Gasteiger charge is 2.22. The van der Waals surface area contributed by atoms with Gasteiger partial charge in [-0.15, -0.1) is 0 Å². The number of carbonyl (C=O) groups is 1. The molecule has 3 aromatic rings. The van der Waals surface area contributed by atoms with E-state index in [1.54, 1.807) is 36.5 Å². The second-order valence-corrected chi connectivity index (χ2v) is 9.94. The zero-order chi connectivity index (χ0) is 24.1. The lowest BCUT2D eigenvalue weighted by Crippen LogP contribution is -2.38. The molecule has 1 aliphatic rings. The second kappa shape index (κ2) is 10.0. The molecule has 3 heterocycles. The number of anilines is 6. The van der Waals surface area contributed by atoms with Crippen molar-refractivity contribution in [2.45, 2.75) is 0 Å². The SMILES string of the molecule is C=CC(=O)Nc1cccc(Nc2nc(Nc3ccc(N4CCS(O)(O)CC4)nc3)ncc2F)c1. The van der Waals surface area contributed by atoms with Crippen LogP contribution >= 0.6 is 10.6 Å². The van der Waals surface area contributed by atoms with Gasteiger partial charge in [0.15, 0.2) is 11.6 Å². The molecular formula is C22H24FN7O3S. The molecule has 1 fully saturated rings. The number of aromatic nitrogens is 3. The Kier molecular flexibility index (Phi) is 6.91. The van der Waals surface area contributed by atoms with Crippen molar-refractivity contribution in [3.05, 3.63) is 67.3 Å². The molecule has 178 valence electrons. The summed E-state index contributed by atoms with van der Waals surface area (Å²) < 4.78 is 33.8. The Balaban J connectivity index is 1.43. The second-order valence-electron chi connectivity index (χ2n) is 7.52. The van der Waals surface area contributed by atoms with Crippen LogP contribution in [0.2, 0.25) is 0 Å². The third kappa shape index (κ3) is 5.98. The van der Waals surface area contributed by atoms with Gasteiger partial charge in [-0.1, -0.05) is 12.6 Å². The summed E-state index contributed by atoms with van der Waals surface area (Å²) in [5.41, 5.74) is 1.65. The Labute approximate surface area is 197 Å². The summed E-state index contributed by atoms with van der Waals surface area (Å²) >= 11 is 0. The van der Waals surface area contributed by atoms with Crippen LogP contribution in [-0.2, 0) is 4.79 Å². The molecule has 5 N–H and O–H groups in total. The average Bonchev–Trinajstić information content (AvgIpc) is 2.82.